The molecule has 2 aliphatic heterocycles. The highest BCUT2D eigenvalue weighted by Crippen LogP contribution is 2.55. The molecule has 0 aromatic carbocycles. The van der Waals surface area contributed by atoms with E-state index in [0.717, 1.165) is 29.2 Å². The molecule has 1 saturated heterocycles. The molecule has 0 bridgehead atoms. The van der Waals surface area contributed by atoms with Crippen molar-refractivity contribution in [2.45, 2.75) is 159 Å². The van der Waals surface area contributed by atoms with Crippen molar-refractivity contribution in [3.63, 3.8) is 0 Å². The Labute approximate surface area is 318 Å². The van der Waals surface area contributed by atoms with Crippen molar-refractivity contribution in [2.75, 3.05) is 0 Å². The maximum atomic E-state index is 4.34. The maximum absolute atomic E-state index is 4.34. The molecule has 13 unspecified atom stereocenters. The van der Waals surface area contributed by atoms with Crippen molar-refractivity contribution in [2.24, 2.45) is 53.3 Å². The van der Waals surface area contributed by atoms with Crippen LogP contribution >= 0.6 is 0 Å². The van der Waals surface area contributed by atoms with E-state index in [0.29, 0.717) is 48.1 Å². The molecule has 13 atom stereocenters. The number of hydrogen-bond acceptors (Lipinski definition) is 3. The third-order valence-corrected chi connectivity index (χ3v) is 20.0. The second-order valence-corrected chi connectivity index (χ2v) is 22.1. The summed E-state index contributed by atoms with van der Waals surface area (Å²) in [6, 6.07) is 0. The van der Waals surface area contributed by atoms with Crippen LogP contribution in [0.2, 0.25) is 12.1 Å². The number of rotatable bonds is 5. The quantitative estimate of drug-likeness (QED) is 0.196. The predicted octanol–water partition coefficient (Wildman–Crippen LogP) is 11.0. The van der Waals surface area contributed by atoms with Crippen LogP contribution in [0.4, 0.5) is 0 Å². The van der Waals surface area contributed by atoms with Crippen LogP contribution < -0.4 is 16.0 Å². The van der Waals surface area contributed by atoms with Gasteiger partial charge in [-0.3, -0.25) is 16.0 Å². The monoisotopic (exact) mass is 715 g/mol. The smallest absolute Gasteiger partial charge is 0.286 e. The Morgan fingerprint density at radius 2 is 1.52 bits per heavy atom. The second kappa shape index (κ2) is 15.1. The summed E-state index contributed by atoms with van der Waals surface area (Å²) in [5, 5.41) is 14.8. The van der Waals surface area contributed by atoms with E-state index in [2.05, 4.69) is 77.2 Å². The van der Waals surface area contributed by atoms with E-state index >= 15 is 0 Å². The summed E-state index contributed by atoms with van der Waals surface area (Å²) in [7, 11) is -0.444. The molecule has 2 heterocycles. The molecule has 0 radical (unpaired) electrons. The molecule has 278 valence electrons. The van der Waals surface area contributed by atoms with Crippen molar-refractivity contribution >= 4 is 8.80 Å². The minimum absolute atomic E-state index is 0.374. The van der Waals surface area contributed by atoms with Crippen molar-refractivity contribution in [1.29, 1.82) is 0 Å². The van der Waals surface area contributed by atoms with E-state index in [1.165, 1.54) is 128 Å². The largest absolute Gasteiger partial charge is 0.348 e. The Hall–Kier alpha value is -1.72. The zero-order chi connectivity index (χ0) is 34.6. The van der Waals surface area contributed by atoms with E-state index < -0.39 is 8.80 Å². The lowest BCUT2D eigenvalue weighted by molar-refractivity contribution is 0.0732. The van der Waals surface area contributed by atoms with Gasteiger partial charge in [-0.05, 0) is 137 Å². The van der Waals surface area contributed by atoms with Gasteiger partial charge in [0.2, 0.25) is 0 Å². The standard InChI is InChI=1S/C48H68N3Si/c1-52-44-27-26-39(29-42(44)43-28-37-13-5-6-14-38(37)30-45(43)52)48-50-46(35-22-18-32(19-23-35)31-10-3-2-4-11-31)49-47(51-48)36-24-20-34(21-25-36)41-17-9-15-33-12-7-8-16-40(33)41/h5-6,10,13-14,18,20,22,28,32-33,35-36,38-42,44,46-51H,2-4,7-9,11-12,15-17,19,21,23-27,29-30H2,1H3/q+1. The van der Waals surface area contributed by atoms with Gasteiger partial charge in [0, 0.05) is 24.2 Å². The lowest BCUT2D eigenvalue weighted by Gasteiger charge is -2.49. The number of fused-ring (bicyclic) bond motifs is 4. The molecule has 3 saturated carbocycles. The fraction of sp³-hybridized carbons (Fsp3) is 0.708. The van der Waals surface area contributed by atoms with E-state index in [9.17, 15) is 0 Å². The van der Waals surface area contributed by atoms with Crippen LogP contribution in [0, 0.1) is 53.3 Å². The molecule has 52 heavy (non-hydrogen) atoms. The zero-order valence-electron chi connectivity index (χ0n) is 32.3. The first kappa shape index (κ1) is 34.7. The molecule has 3 N–H and O–H groups in total. The first-order valence-electron chi connectivity index (χ1n) is 22.6. The maximum Gasteiger partial charge on any atom is 0.348 e. The first-order valence-corrected chi connectivity index (χ1v) is 24.7. The second-order valence-electron chi connectivity index (χ2n) is 19.4. The van der Waals surface area contributed by atoms with Gasteiger partial charge in [-0.2, -0.15) is 0 Å². The highest BCUT2D eigenvalue weighted by molar-refractivity contribution is 6.68. The molecule has 4 fully saturated rings. The van der Waals surface area contributed by atoms with Gasteiger partial charge >= 0.3 is 8.80 Å². The van der Waals surface area contributed by atoms with Crippen molar-refractivity contribution < 1.29 is 0 Å². The fourth-order valence-electron chi connectivity index (χ4n) is 13.9. The van der Waals surface area contributed by atoms with Crippen LogP contribution in [-0.4, -0.2) is 27.3 Å². The average Bonchev–Trinajstić information content (AvgIpc) is 3.49. The van der Waals surface area contributed by atoms with E-state index in [1.807, 2.05) is 10.8 Å². The summed E-state index contributed by atoms with van der Waals surface area (Å²) in [4.78, 5) is 0. The average molecular weight is 715 g/mol. The first-order chi connectivity index (χ1) is 25.7. The van der Waals surface area contributed by atoms with Crippen LogP contribution in [0.5, 0.6) is 0 Å². The Morgan fingerprint density at radius 1 is 0.635 bits per heavy atom. The van der Waals surface area contributed by atoms with Gasteiger partial charge in [-0.15, -0.1) is 0 Å². The fourth-order valence-corrected chi connectivity index (χ4v) is 17.1. The molecule has 0 spiro atoms. The number of allylic oxidation sites excluding steroid dienone is 13. The van der Waals surface area contributed by atoms with Gasteiger partial charge < -0.3 is 0 Å². The Bertz CT molecular complexity index is 1560. The highest BCUT2D eigenvalue weighted by atomic mass is 28.3. The van der Waals surface area contributed by atoms with Crippen molar-refractivity contribution in [3.8, 4) is 0 Å². The van der Waals surface area contributed by atoms with Gasteiger partial charge in [0.1, 0.15) is 0 Å². The SMILES string of the molecule is C[Si+]1C2=C(C=C3C=CC=CC3C2)C2CC(C3NC(C4C=CC(C5=CCCCC5)CC4)NC(C4CC=C(C5CCCC6CCCCC65)CC4)N3)CCC21. The van der Waals surface area contributed by atoms with E-state index in [1.54, 1.807) is 16.7 Å². The number of hydrogen-bond donors (Lipinski definition) is 3. The third kappa shape index (κ3) is 6.66. The topological polar surface area (TPSA) is 36.1 Å². The van der Waals surface area contributed by atoms with Gasteiger partial charge in [0.05, 0.1) is 35.8 Å². The van der Waals surface area contributed by atoms with Crippen molar-refractivity contribution in [3.05, 3.63) is 82.2 Å². The lowest BCUT2D eigenvalue weighted by atomic mass is 9.62. The molecular formula is C48H68N3Si+. The summed E-state index contributed by atoms with van der Waals surface area (Å²) < 4.78 is 0. The molecular weight excluding hydrogens is 647 g/mol. The van der Waals surface area contributed by atoms with Gasteiger partial charge in [0.15, 0.2) is 0 Å². The minimum atomic E-state index is -0.444. The van der Waals surface area contributed by atoms with Crippen LogP contribution in [-0.2, 0) is 0 Å². The zero-order valence-corrected chi connectivity index (χ0v) is 33.3. The highest BCUT2D eigenvalue weighted by Gasteiger charge is 2.56. The molecule has 0 aromatic heterocycles. The molecule has 10 rings (SSSR count). The van der Waals surface area contributed by atoms with Crippen LogP contribution in [0.3, 0.4) is 0 Å². The summed E-state index contributed by atoms with van der Waals surface area (Å²) in [5.74, 6) is 7.05. The summed E-state index contributed by atoms with van der Waals surface area (Å²) in [6.45, 7) is 2.68. The van der Waals surface area contributed by atoms with E-state index in [-0.39, 0.29) is 0 Å². The van der Waals surface area contributed by atoms with Gasteiger partial charge in [-0.25, -0.2) is 0 Å². The summed E-state index contributed by atoms with van der Waals surface area (Å²) >= 11 is 0. The van der Waals surface area contributed by atoms with Crippen molar-refractivity contribution in [1.82, 2.24) is 16.0 Å². The van der Waals surface area contributed by atoms with Crippen LogP contribution in [0.25, 0.3) is 0 Å². The lowest BCUT2D eigenvalue weighted by Crippen LogP contribution is -2.72. The summed E-state index contributed by atoms with van der Waals surface area (Å²) in [6.07, 6.45) is 52.0. The molecule has 8 aliphatic carbocycles. The normalized spacial score (nSPS) is 44.6. The molecule has 3 nitrogen and oxygen atoms in total. The predicted molar refractivity (Wildman–Crippen MR) is 219 cm³/mol. The Kier molecular flexibility index (Phi) is 10.1. The van der Waals surface area contributed by atoms with E-state index in [4.69, 9.17) is 0 Å². The Morgan fingerprint density at radius 3 is 2.37 bits per heavy atom. The van der Waals surface area contributed by atoms with Gasteiger partial charge in [0.25, 0.3) is 0 Å². The van der Waals surface area contributed by atoms with Crippen LogP contribution in [0.15, 0.2) is 82.2 Å². The summed E-state index contributed by atoms with van der Waals surface area (Å²) in [5.41, 5.74) is 7.95. The molecule has 0 aromatic rings. The molecule has 0 amide bonds. The Balaban J connectivity index is 0.872. The molecule has 10 aliphatic rings. The third-order valence-electron chi connectivity index (χ3n) is 16.8. The van der Waals surface area contributed by atoms with Crippen LogP contribution in [0.1, 0.15) is 128 Å². The van der Waals surface area contributed by atoms with Gasteiger partial charge in [-0.1, -0.05) is 97.9 Å². The number of nitrogens with one attached hydrogen (secondary N) is 3. The molecule has 4 heteroatoms. The minimum Gasteiger partial charge on any atom is -0.286 e.